The number of hydrogen-bond donors (Lipinski definition) is 0. The summed E-state index contributed by atoms with van der Waals surface area (Å²) in [4.78, 5) is 5.18. The molecule has 146 valence electrons. The van der Waals surface area contributed by atoms with Gasteiger partial charge in [-0.1, -0.05) is 38.5 Å². The normalized spacial score (nSPS) is 20.2. The summed E-state index contributed by atoms with van der Waals surface area (Å²) in [6.07, 6.45) is 14.8. The number of rotatable bonds is 9. The minimum atomic E-state index is 0.512. The third kappa shape index (κ3) is 7.73. The molecule has 0 N–H and O–H groups in total. The molecule has 2 unspecified atom stereocenters. The summed E-state index contributed by atoms with van der Waals surface area (Å²) < 4.78 is 0. The Morgan fingerprint density at radius 1 is 0.654 bits per heavy atom. The highest BCUT2D eigenvalue weighted by Gasteiger charge is 2.19. The predicted molar refractivity (Wildman–Crippen MR) is 113 cm³/mol. The van der Waals surface area contributed by atoms with E-state index in [0.717, 1.165) is 12.8 Å². The Kier molecular flexibility index (Phi) is 10.9. The second-order valence-electron chi connectivity index (χ2n) is 7.94. The Labute approximate surface area is 163 Å². The van der Waals surface area contributed by atoms with E-state index in [1.165, 1.54) is 90.4 Å². The van der Waals surface area contributed by atoms with E-state index in [4.69, 9.17) is 0 Å². The van der Waals surface area contributed by atoms with Crippen LogP contribution in [0, 0.1) is 23.7 Å². The van der Waals surface area contributed by atoms with Crippen molar-refractivity contribution in [1.82, 2.24) is 9.80 Å². The predicted octanol–water partition coefficient (Wildman–Crippen LogP) is 5.08. The third-order valence-electron chi connectivity index (χ3n) is 5.68. The van der Waals surface area contributed by atoms with Crippen LogP contribution < -0.4 is 0 Å². The van der Waals surface area contributed by atoms with Gasteiger partial charge in [-0.2, -0.15) is 0 Å². The van der Waals surface area contributed by atoms with Crippen molar-refractivity contribution in [3.8, 4) is 23.7 Å². The van der Waals surface area contributed by atoms with E-state index < -0.39 is 0 Å². The molecule has 0 aromatic rings. The molecule has 26 heavy (non-hydrogen) atoms. The van der Waals surface area contributed by atoms with Gasteiger partial charge in [0.05, 0.1) is 12.1 Å². The quantitative estimate of drug-likeness (QED) is 0.420. The average molecular weight is 357 g/mol. The van der Waals surface area contributed by atoms with Gasteiger partial charge < -0.3 is 0 Å². The van der Waals surface area contributed by atoms with Crippen molar-refractivity contribution < 1.29 is 0 Å². The summed E-state index contributed by atoms with van der Waals surface area (Å²) in [5, 5.41) is 0. The molecule has 0 aromatic carbocycles. The molecule has 2 aliphatic heterocycles. The van der Waals surface area contributed by atoms with E-state index in [9.17, 15) is 0 Å². The fraction of sp³-hybridized carbons (Fsp3) is 0.833. The second-order valence-corrected chi connectivity index (χ2v) is 7.94. The molecule has 2 saturated heterocycles. The highest BCUT2D eigenvalue weighted by molar-refractivity contribution is 5.10. The van der Waals surface area contributed by atoms with Gasteiger partial charge in [-0.3, -0.25) is 9.80 Å². The van der Waals surface area contributed by atoms with Gasteiger partial charge in [-0.15, -0.1) is 11.8 Å². The number of hydrogen-bond acceptors (Lipinski definition) is 2. The van der Waals surface area contributed by atoms with Crippen molar-refractivity contribution in [1.29, 1.82) is 0 Å². The van der Waals surface area contributed by atoms with Crippen LogP contribution in [0.4, 0.5) is 0 Å². The molecule has 0 aliphatic carbocycles. The van der Waals surface area contributed by atoms with Gasteiger partial charge in [0.1, 0.15) is 0 Å². The Hall–Kier alpha value is -0.960. The van der Waals surface area contributed by atoms with Gasteiger partial charge in [0.15, 0.2) is 0 Å². The molecular formula is C24H40N2. The first-order chi connectivity index (χ1) is 12.8. The van der Waals surface area contributed by atoms with E-state index in [2.05, 4.69) is 47.3 Å². The SMILES string of the molecule is CCCC(C#CCCCCC#CC(CCC)N1CCCC1)N1CCCC1. The second kappa shape index (κ2) is 13.2. The maximum Gasteiger partial charge on any atom is 0.0714 e. The highest BCUT2D eigenvalue weighted by atomic mass is 15.2. The van der Waals surface area contributed by atoms with Crippen LogP contribution in [0.3, 0.4) is 0 Å². The van der Waals surface area contributed by atoms with Crippen molar-refractivity contribution in [3.63, 3.8) is 0 Å². The highest BCUT2D eigenvalue weighted by Crippen LogP contribution is 2.16. The van der Waals surface area contributed by atoms with Gasteiger partial charge in [0.25, 0.3) is 0 Å². The smallest absolute Gasteiger partial charge is 0.0714 e. The molecule has 2 rings (SSSR count). The Morgan fingerprint density at radius 3 is 1.38 bits per heavy atom. The molecule has 2 nitrogen and oxygen atoms in total. The Bertz CT molecular complexity index is 432. The van der Waals surface area contributed by atoms with Crippen LogP contribution in [0.5, 0.6) is 0 Å². The zero-order valence-corrected chi connectivity index (χ0v) is 17.4. The molecule has 2 fully saturated rings. The van der Waals surface area contributed by atoms with E-state index in [0.29, 0.717) is 12.1 Å². The fourth-order valence-corrected chi connectivity index (χ4v) is 4.15. The lowest BCUT2D eigenvalue weighted by Gasteiger charge is -2.22. The van der Waals surface area contributed by atoms with Crippen LogP contribution in [-0.2, 0) is 0 Å². The van der Waals surface area contributed by atoms with Crippen molar-refractivity contribution in [2.75, 3.05) is 26.2 Å². The molecule has 2 aliphatic rings. The Morgan fingerprint density at radius 2 is 1.04 bits per heavy atom. The van der Waals surface area contributed by atoms with Gasteiger partial charge in [-0.05, 0) is 77.5 Å². The van der Waals surface area contributed by atoms with E-state index in [1.54, 1.807) is 0 Å². The Balaban J connectivity index is 1.64. The largest absolute Gasteiger partial charge is 0.290 e. The summed E-state index contributed by atoms with van der Waals surface area (Å²) in [6.45, 7) is 9.57. The number of likely N-dealkylation sites (tertiary alicyclic amines) is 2. The van der Waals surface area contributed by atoms with Crippen molar-refractivity contribution in [2.45, 2.75) is 103 Å². The average Bonchev–Trinajstić information content (AvgIpc) is 3.36. The van der Waals surface area contributed by atoms with Crippen LogP contribution in [0.2, 0.25) is 0 Å². The molecule has 0 amide bonds. The van der Waals surface area contributed by atoms with Gasteiger partial charge in [-0.25, -0.2) is 0 Å². The topological polar surface area (TPSA) is 6.48 Å². The van der Waals surface area contributed by atoms with E-state index >= 15 is 0 Å². The van der Waals surface area contributed by atoms with Crippen molar-refractivity contribution >= 4 is 0 Å². The van der Waals surface area contributed by atoms with E-state index in [-0.39, 0.29) is 0 Å². The number of nitrogens with zero attached hydrogens (tertiary/aromatic N) is 2. The standard InChI is InChI=1S/C24H40N2/c1-3-15-23(25-19-11-12-20-25)17-9-7-5-6-8-10-18-24(16-4-2)26-21-13-14-22-26/h23-24H,3-8,11-16,19-22H2,1-2H3. The van der Waals surface area contributed by atoms with Crippen molar-refractivity contribution in [3.05, 3.63) is 0 Å². The molecule has 0 spiro atoms. The van der Waals surface area contributed by atoms with Gasteiger partial charge >= 0.3 is 0 Å². The summed E-state index contributed by atoms with van der Waals surface area (Å²) >= 11 is 0. The minimum absolute atomic E-state index is 0.512. The lowest BCUT2D eigenvalue weighted by Crippen LogP contribution is -2.31. The zero-order chi connectivity index (χ0) is 18.5. The molecule has 0 bridgehead atoms. The monoisotopic (exact) mass is 356 g/mol. The molecule has 2 atom stereocenters. The summed E-state index contributed by atoms with van der Waals surface area (Å²) in [5.74, 6) is 14.0. The first-order valence-corrected chi connectivity index (χ1v) is 11.3. The number of unbranched alkanes of at least 4 members (excludes halogenated alkanes) is 3. The minimum Gasteiger partial charge on any atom is -0.290 e. The molecular weight excluding hydrogens is 316 g/mol. The van der Waals surface area contributed by atoms with Crippen LogP contribution in [0.1, 0.15) is 90.9 Å². The molecule has 2 heterocycles. The third-order valence-corrected chi connectivity index (χ3v) is 5.68. The van der Waals surface area contributed by atoms with Gasteiger partial charge in [0, 0.05) is 12.8 Å². The lowest BCUT2D eigenvalue weighted by atomic mass is 10.1. The molecule has 0 saturated carbocycles. The van der Waals surface area contributed by atoms with Crippen molar-refractivity contribution in [2.24, 2.45) is 0 Å². The molecule has 0 radical (unpaired) electrons. The van der Waals surface area contributed by atoms with Crippen LogP contribution in [0.15, 0.2) is 0 Å². The summed E-state index contributed by atoms with van der Waals surface area (Å²) in [5.41, 5.74) is 0. The first kappa shape index (κ1) is 21.3. The lowest BCUT2D eigenvalue weighted by molar-refractivity contribution is 0.278. The van der Waals surface area contributed by atoms with Gasteiger partial charge in [0.2, 0.25) is 0 Å². The maximum absolute atomic E-state index is 3.56. The fourth-order valence-electron chi connectivity index (χ4n) is 4.15. The summed E-state index contributed by atoms with van der Waals surface area (Å²) in [7, 11) is 0. The molecule has 0 aromatic heterocycles. The van der Waals surface area contributed by atoms with Crippen LogP contribution in [0.25, 0.3) is 0 Å². The first-order valence-electron chi connectivity index (χ1n) is 11.3. The zero-order valence-electron chi connectivity index (χ0n) is 17.4. The van der Waals surface area contributed by atoms with Crippen LogP contribution in [-0.4, -0.2) is 48.1 Å². The van der Waals surface area contributed by atoms with Crippen LogP contribution >= 0.6 is 0 Å². The molecule has 2 heteroatoms. The summed E-state index contributed by atoms with van der Waals surface area (Å²) in [6, 6.07) is 1.02. The van der Waals surface area contributed by atoms with E-state index in [1.807, 2.05) is 0 Å². The maximum atomic E-state index is 3.56.